The molecule has 3 aromatic carbocycles. The molecule has 0 heterocycles. The zero-order chi connectivity index (χ0) is 40.1. The lowest BCUT2D eigenvalue weighted by atomic mass is 9.96. The minimum absolute atomic E-state index is 0.418. The number of unbranched alkanes of at least 4 members (excludes halogenated alkanes) is 18. The third-order valence-electron chi connectivity index (χ3n) is 10.3. The summed E-state index contributed by atoms with van der Waals surface area (Å²) in [4.78, 5) is 0. The van der Waals surface area contributed by atoms with Crippen LogP contribution in [-0.4, -0.2) is 27.4 Å². The summed E-state index contributed by atoms with van der Waals surface area (Å²) in [6, 6.07) is 23.8. The zero-order valence-electron chi connectivity index (χ0n) is 35.0. The van der Waals surface area contributed by atoms with Gasteiger partial charge in [-0.3, -0.25) is 0 Å². The lowest BCUT2D eigenvalue weighted by molar-refractivity contribution is 0.304. The van der Waals surface area contributed by atoms with E-state index in [0.29, 0.717) is 47.0 Å². The Morgan fingerprint density at radius 3 is 1.05 bits per heavy atom. The van der Waals surface area contributed by atoms with Gasteiger partial charge in [0.2, 0.25) is 0 Å². The summed E-state index contributed by atoms with van der Waals surface area (Å²) in [5, 5.41) is 20.4. The molecule has 3 aromatic rings. The Balaban J connectivity index is 1.55. The molecule has 0 aliphatic rings. The van der Waals surface area contributed by atoms with Gasteiger partial charge in [0.05, 0.1) is 50.7 Å². The molecule has 0 aliphatic heterocycles. The molecule has 0 unspecified atom stereocenters. The average molecular weight is 761 g/mol. The first-order chi connectivity index (χ1) is 27.6. The zero-order valence-corrected chi connectivity index (χ0v) is 35.0. The van der Waals surface area contributed by atoms with E-state index >= 15 is 0 Å². The lowest BCUT2D eigenvalue weighted by Crippen LogP contribution is -1.98. The maximum atomic E-state index is 10.2. The van der Waals surface area contributed by atoms with Crippen molar-refractivity contribution in [1.29, 1.82) is 10.5 Å². The van der Waals surface area contributed by atoms with E-state index in [1.807, 2.05) is 60.7 Å². The number of allylic oxidation sites excluding steroid dienone is 2. The summed E-state index contributed by atoms with van der Waals surface area (Å²) in [6.45, 7) is 5.93. The maximum Gasteiger partial charge on any atom is 0.128 e. The quantitative estimate of drug-likeness (QED) is 0.0382. The van der Waals surface area contributed by atoms with Crippen LogP contribution in [0.2, 0.25) is 0 Å². The van der Waals surface area contributed by atoms with Gasteiger partial charge in [0.25, 0.3) is 0 Å². The highest BCUT2D eigenvalue weighted by Gasteiger charge is 2.18. The highest BCUT2D eigenvalue weighted by molar-refractivity contribution is 5.96. The number of hydrogen-bond acceptors (Lipinski definition) is 6. The molecule has 6 heteroatoms. The molecular formula is C50H68N2O4. The number of hydrogen-bond donors (Lipinski definition) is 0. The Morgan fingerprint density at radius 1 is 0.464 bits per heavy atom. The predicted molar refractivity (Wildman–Crippen MR) is 234 cm³/mol. The fraction of sp³-hybridized carbons (Fsp3) is 0.520. The van der Waals surface area contributed by atoms with Crippen molar-refractivity contribution in [2.24, 2.45) is 0 Å². The predicted octanol–water partition coefficient (Wildman–Crippen LogP) is 14.4. The number of ether oxygens (including phenoxy) is 4. The van der Waals surface area contributed by atoms with Gasteiger partial charge >= 0.3 is 0 Å². The molecule has 0 amide bonds. The SMILES string of the molecule is CCCCCCCCCCCCOc1ccc(C=C(C#N)c2cc(OC)c(C(C#N)=Cc3ccc(OCCCCCCCCCCCC)cc3)cc2OC)cc1. The summed E-state index contributed by atoms with van der Waals surface area (Å²) >= 11 is 0. The fourth-order valence-electron chi connectivity index (χ4n) is 6.87. The molecule has 0 saturated heterocycles. The standard InChI is InChI=1S/C50H68N2O4/c1-5-7-9-11-13-15-17-19-21-23-33-55-45-29-25-41(26-30-45)35-43(39-51)47-37-50(54-4)48(38-49(47)53-3)44(40-52)36-42-27-31-46(32-28-42)56-34-24-22-20-18-16-14-12-10-8-6-2/h25-32,35-38H,5-24,33-34H2,1-4H3. The van der Waals surface area contributed by atoms with E-state index in [0.717, 1.165) is 35.5 Å². The second-order valence-corrected chi connectivity index (χ2v) is 14.8. The Labute approximate surface area is 339 Å². The molecule has 0 aromatic heterocycles. The van der Waals surface area contributed by atoms with Gasteiger partial charge in [-0.05, 0) is 72.5 Å². The molecule has 0 fully saturated rings. The first-order valence-electron chi connectivity index (χ1n) is 21.5. The van der Waals surface area contributed by atoms with Crippen LogP contribution >= 0.6 is 0 Å². The number of methoxy groups -OCH3 is 2. The van der Waals surface area contributed by atoms with Crippen LogP contribution in [0.1, 0.15) is 165 Å². The molecule has 302 valence electrons. The molecule has 0 atom stereocenters. The summed E-state index contributed by atoms with van der Waals surface area (Å²) in [5.74, 6) is 2.59. The second-order valence-electron chi connectivity index (χ2n) is 14.8. The van der Waals surface area contributed by atoms with Gasteiger partial charge in [0.1, 0.15) is 23.0 Å². The Morgan fingerprint density at radius 2 is 0.768 bits per heavy atom. The second kappa shape index (κ2) is 28.7. The molecule has 0 radical (unpaired) electrons. The molecule has 0 saturated carbocycles. The summed E-state index contributed by atoms with van der Waals surface area (Å²) < 4.78 is 23.5. The van der Waals surface area contributed by atoms with E-state index < -0.39 is 0 Å². The number of nitrogens with zero attached hydrogens (tertiary/aromatic N) is 2. The van der Waals surface area contributed by atoms with Crippen LogP contribution < -0.4 is 18.9 Å². The molecule has 0 N–H and O–H groups in total. The summed E-state index contributed by atoms with van der Waals surface area (Å²) in [7, 11) is 3.13. The number of benzene rings is 3. The highest BCUT2D eigenvalue weighted by Crippen LogP contribution is 2.38. The van der Waals surface area contributed by atoms with Crippen molar-refractivity contribution in [2.75, 3.05) is 27.4 Å². The van der Waals surface area contributed by atoms with Gasteiger partial charge in [0, 0.05) is 11.1 Å². The number of nitriles is 2. The minimum Gasteiger partial charge on any atom is -0.496 e. The topological polar surface area (TPSA) is 84.5 Å². The lowest BCUT2D eigenvalue weighted by Gasteiger charge is -2.15. The van der Waals surface area contributed by atoms with E-state index in [2.05, 4.69) is 26.0 Å². The van der Waals surface area contributed by atoms with Crippen molar-refractivity contribution in [2.45, 2.75) is 142 Å². The van der Waals surface area contributed by atoms with E-state index in [9.17, 15) is 10.5 Å². The average Bonchev–Trinajstić information content (AvgIpc) is 3.23. The molecule has 0 aliphatic carbocycles. The van der Waals surface area contributed by atoms with Gasteiger partial charge in [-0.1, -0.05) is 154 Å². The Kier molecular flexibility index (Phi) is 23.4. The van der Waals surface area contributed by atoms with Crippen molar-refractivity contribution < 1.29 is 18.9 Å². The molecular weight excluding hydrogens is 693 g/mol. The summed E-state index contributed by atoms with van der Waals surface area (Å²) in [5.41, 5.74) is 3.73. The van der Waals surface area contributed by atoms with E-state index in [4.69, 9.17) is 18.9 Å². The largest absolute Gasteiger partial charge is 0.496 e. The van der Waals surface area contributed by atoms with Crippen LogP contribution in [0.3, 0.4) is 0 Å². The Bertz CT molecular complexity index is 1540. The first-order valence-corrected chi connectivity index (χ1v) is 21.5. The van der Waals surface area contributed by atoms with Crippen molar-refractivity contribution in [3.63, 3.8) is 0 Å². The van der Waals surface area contributed by atoms with E-state index in [1.165, 1.54) is 116 Å². The third kappa shape index (κ3) is 17.4. The molecule has 56 heavy (non-hydrogen) atoms. The third-order valence-corrected chi connectivity index (χ3v) is 10.3. The van der Waals surface area contributed by atoms with Crippen molar-refractivity contribution >= 4 is 23.3 Å². The molecule has 0 bridgehead atoms. The van der Waals surface area contributed by atoms with Gasteiger partial charge in [0.15, 0.2) is 0 Å². The molecule has 3 rings (SSSR count). The van der Waals surface area contributed by atoms with Crippen LogP contribution in [0.5, 0.6) is 23.0 Å². The molecule has 0 spiro atoms. The number of rotatable bonds is 30. The summed E-state index contributed by atoms with van der Waals surface area (Å²) in [6.07, 6.45) is 29.5. The normalized spacial score (nSPS) is 11.5. The monoisotopic (exact) mass is 761 g/mol. The van der Waals surface area contributed by atoms with Gasteiger partial charge in [-0.15, -0.1) is 0 Å². The minimum atomic E-state index is 0.418. The van der Waals surface area contributed by atoms with Crippen molar-refractivity contribution in [3.8, 4) is 35.1 Å². The maximum absolute atomic E-state index is 10.2. The van der Waals surface area contributed by atoms with Crippen LogP contribution in [0.25, 0.3) is 23.3 Å². The van der Waals surface area contributed by atoms with Gasteiger partial charge in [-0.25, -0.2) is 0 Å². The fourth-order valence-corrected chi connectivity index (χ4v) is 6.87. The van der Waals surface area contributed by atoms with E-state index in [1.54, 1.807) is 26.4 Å². The van der Waals surface area contributed by atoms with Crippen LogP contribution in [0, 0.1) is 22.7 Å². The Hall–Kier alpha value is -4.68. The smallest absolute Gasteiger partial charge is 0.128 e. The van der Waals surface area contributed by atoms with Crippen molar-refractivity contribution in [3.05, 3.63) is 82.9 Å². The van der Waals surface area contributed by atoms with Crippen LogP contribution in [-0.2, 0) is 0 Å². The van der Waals surface area contributed by atoms with Crippen molar-refractivity contribution in [1.82, 2.24) is 0 Å². The van der Waals surface area contributed by atoms with Gasteiger partial charge in [-0.2, -0.15) is 10.5 Å². The molecule has 6 nitrogen and oxygen atoms in total. The van der Waals surface area contributed by atoms with Gasteiger partial charge < -0.3 is 18.9 Å². The van der Waals surface area contributed by atoms with Crippen LogP contribution in [0.15, 0.2) is 60.7 Å². The van der Waals surface area contributed by atoms with E-state index in [-0.39, 0.29) is 0 Å². The highest BCUT2D eigenvalue weighted by atomic mass is 16.5. The van der Waals surface area contributed by atoms with Crippen LogP contribution in [0.4, 0.5) is 0 Å². The first kappa shape index (κ1) is 45.7.